The third kappa shape index (κ3) is 4.29. The monoisotopic (exact) mass is 306 g/mol. The Balaban J connectivity index is 1.88. The van der Waals surface area contributed by atoms with Crippen molar-refractivity contribution in [1.82, 2.24) is 4.90 Å². The Hall–Kier alpha value is -1.42. The van der Waals surface area contributed by atoms with E-state index in [-0.39, 0.29) is 23.7 Å². The number of carbonyl (C=O) groups is 1. The smallest absolute Gasteiger partial charge is 0.225 e. The summed E-state index contributed by atoms with van der Waals surface area (Å²) in [5.74, 6) is 0.321. The second kappa shape index (κ2) is 7.73. The zero-order valence-corrected chi connectivity index (χ0v) is 13.6. The number of hydrogen-bond acceptors (Lipinski definition) is 2. The first-order chi connectivity index (χ1) is 10.5. The molecule has 0 radical (unpaired) electrons. The van der Waals surface area contributed by atoms with Crippen molar-refractivity contribution >= 4 is 5.91 Å². The van der Waals surface area contributed by atoms with Gasteiger partial charge in [0.05, 0.1) is 0 Å². The standard InChI is InChI=1S/C18H27FN2O/c1-13(9-10-15-6-3-4-8-17(15)19)18(22)21-11-5-7-16(12-21)14(2)20/h3-4,6,8,13-14,16H,5,7,9-12,20H2,1-2H3. The van der Waals surface area contributed by atoms with Crippen LogP contribution in [0.5, 0.6) is 0 Å². The Bertz CT molecular complexity index is 504. The average molecular weight is 306 g/mol. The van der Waals surface area contributed by atoms with Crippen LogP contribution in [0.1, 0.15) is 38.7 Å². The van der Waals surface area contributed by atoms with Crippen molar-refractivity contribution in [2.45, 2.75) is 45.6 Å². The average Bonchev–Trinajstić information content (AvgIpc) is 2.53. The molecule has 2 N–H and O–H groups in total. The van der Waals surface area contributed by atoms with Crippen LogP contribution in [-0.2, 0) is 11.2 Å². The van der Waals surface area contributed by atoms with Crippen LogP contribution in [0.25, 0.3) is 0 Å². The van der Waals surface area contributed by atoms with Crippen molar-refractivity contribution in [2.75, 3.05) is 13.1 Å². The van der Waals surface area contributed by atoms with E-state index in [4.69, 9.17) is 5.73 Å². The molecule has 1 aromatic carbocycles. The minimum atomic E-state index is -0.183. The van der Waals surface area contributed by atoms with E-state index in [2.05, 4.69) is 0 Å². The summed E-state index contributed by atoms with van der Waals surface area (Å²) in [5, 5.41) is 0. The fourth-order valence-electron chi connectivity index (χ4n) is 3.15. The van der Waals surface area contributed by atoms with E-state index >= 15 is 0 Å². The molecule has 1 aliphatic rings. The van der Waals surface area contributed by atoms with Gasteiger partial charge in [0.1, 0.15) is 5.82 Å². The molecule has 3 nitrogen and oxygen atoms in total. The summed E-state index contributed by atoms with van der Waals surface area (Å²) in [4.78, 5) is 14.5. The molecular weight excluding hydrogens is 279 g/mol. The summed E-state index contributed by atoms with van der Waals surface area (Å²) >= 11 is 0. The van der Waals surface area contributed by atoms with Gasteiger partial charge < -0.3 is 10.6 Å². The fourth-order valence-corrected chi connectivity index (χ4v) is 3.15. The van der Waals surface area contributed by atoms with Crippen molar-refractivity contribution in [3.63, 3.8) is 0 Å². The van der Waals surface area contributed by atoms with Crippen LogP contribution in [0, 0.1) is 17.7 Å². The van der Waals surface area contributed by atoms with Crippen molar-refractivity contribution < 1.29 is 9.18 Å². The number of nitrogens with zero attached hydrogens (tertiary/aromatic N) is 1. The maximum Gasteiger partial charge on any atom is 0.225 e. The molecule has 0 aliphatic carbocycles. The first-order valence-corrected chi connectivity index (χ1v) is 8.26. The summed E-state index contributed by atoms with van der Waals surface area (Å²) in [6.45, 7) is 5.55. The van der Waals surface area contributed by atoms with Gasteiger partial charge in [0.15, 0.2) is 0 Å². The van der Waals surface area contributed by atoms with Gasteiger partial charge in [-0.25, -0.2) is 4.39 Å². The van der Waals surface area contributed by atoms with Gasteiger partial charge in [-0.3, -0.25) is 4.79 Å². The van der Waals surface area contributed by atoms with Gasteiger partial charge in [-0.15, -0.1) is 0 Å². The van der Waals surface area contributed by atoms with E-state index in [1.165, 1.54) is 6.07 Å². The maximum atomic E-state index is 13.6. The van der Waals surface area contributed by atoms with E-state index in [0.29, 0.717) is 24.3 Å². The lowest BCUT2D eigenvalue weighted by Crippen LogP contribution is -2.46. The number of amides is 1. The molecular formula is C18H27FN2O. The number of likely N-dealkylation sites (tertiary alicyclic amines) is 1. The number of benzene rings is 1. The predicted octanol–water partition coefficient (Wildman–Crippen LogP) is 2.98. The number of piperidine rings is 1. The topological polar surface area (TPSA) is 46.3 Å². The van der Waals surface area contributed by atoms with E-state index in [0.717, 1.165) is 25.9 Å². The SMILES string of the molecule is CC(CCc1ccccc1F)C(=O)N1CCCC(C(C)N)C1. The summed E-state index contributed by atoms with van der Waals surface area (Å²) in [5.41, 5.74) is 6.67. The third-order valence-corrected chi connectivity index (χ3v) is 4.74. The molecule has 4 heteroatoms. The zero-order valence-electron chi connectivity index (χ0n) is 13.6. The first-order valence-electron chi connectivity index (χ1n) is 8.26. The van der Waals surface area contributed by atoms with Crippen LogP contribution in [-0.4, -0.2) is 29.9 Å². The van der Waals surface area contributed by atoms with Crippen molar-refractivity contribution in [3.05, 3.63) is 35.6 Å². The fraction of sp³-hybridized carbons (Fsp3) is 0.611. The number of halogens is 1. The molecule has 1 saturated heterocycles. The lowest BCUT2D eigenvalue weighted by atomic mass is 9.91. The number of rotatable bonds is 5. The molecule has 22 heavy (non-hydrogen) atoms. The lowest BCUT2D eigenvalue weighted by Gasteiger charge is -2.36. The Morgan fingerprint density at radius 2 is 2.14 bits per heavy atom. The van der Waals surface area contributed by atoms with E-state index in [1.807, 2.05) is 24.8 Å². The van der Waals surface area contributed by atoms with Gasteiger partial charge in [0, 0.05) is 25.0 Å². The molecule has 1 amide bonds. The number of hydrogen-bond donors (Lipinski definition) is 1. The highest BCUT2D eigenvalue weighted by Crippen LogP contribution is 2.22. The van der Waals surface area contributed by atoms with Crippen molar-refractivity contribution in [2.24, 2.45) is 17.6 Å². The van der Waals surface area contributed by atoms with E-state index < -0.39 is 0 Å². The van der Waals surface area contributed by atoms with Crippen LogP contribution in [0.3, 0.4) is 0 Å². The number of nitrogens with two attached hydrogens (primary N) is 1. The van der Waals surface area contributed by atoms with Gasteiger partial charge in [-0.1, -0.05) is 25.1 Å². The van der Waals surface area contributed by atoms with E-state index in [9.17, 15) is 9.18 Å². The van der Waals surface area contributed by atoms with Gasteiger partial charge in [-0.05, 0) is 50.2 Å². The minimum Gasteiger partial charge on any atom is -0.342 e. The van der Waals surface area contributed by atoms with Gasteiger partial charge in [0.2, 0.25) is 5.91 Å². The number of carbonyl (C=O) groups excluding carboxylic acids is 1. The third-order valence-electron chi connectivity index (χ3n) is 4.74. The van der Waals surface area contributed by atoms with Crippen LogP contribution in [0.2, 0.25) is 0 Å². The summed E-state index contributed by atoms with van der Waals surface area (Å²) in [6.07, 6.45) is 3.41. The Labute approximate surface area is 132 Å². The second-order valence-electron chi connectivity index (χ2n) is 6.58. The molecule has 0 spiro atoms. The summed E-state index contributed by atoms with van der Waals surface area (Å²) < 4.78 is 13.6. The lowest BCUT2D eigenvalue weighted by molar-refractivity contribution is -0.137. The van der Waals surface area contributed by atoms with Crippen molar-refractivity contribution in [3.8, 4) is 0 Å². The Morgan fingerprint density at radius 1 is 1.41 bits per heavy atom. The highest BCUT2D eigenvalue weighted by molar-refractivity contribution is 5.78. The molecule has 3 unspecified atom stereocenters. The number of aryl methyl sites for hydroxylation is 1. The molecule has 0 aromatic heterocycles. The highest BCUT2D eigenvalue weighted by atomic mass is 19.1. The van der Waals surface area contributed by atoms with E-state index in [1.54, 1.807) is 12.1 Å². The second-order valence-corrected chi connectivity index (χ2v) is 6.58. The largest absolute Gasteiger partial charge is 0.342 e. The van der Waals surface area contributed by atoms with Gasteiger partial charge >= 0.3 is 0 Å². The molecule has 122 valence electrons. The first kappa shape index (κ1) is 16.9. The molecule has 3 atom stereocenters. The molecule has 2 rings (SSSR count). The van der Waals surface area contributed by atoms with Crippen LogP contribution >= 0.6 is 0 Å². The molecule has 0 saturated carbocycles. The van der Waals surface area contributed by atoms with Crippen LogP contribution in [0.15, 0.2) is 24.3 Å². The quantitative estimate of drug-likeness (QED) is 0.909. The minimum absolute atomic E-state index is 0.0774. The van der Waals surface area contributed by atoms with Crippen molar-refractivity contribution in [1.29, 1.82) is 0 Å². The van der Waals surface area contributed by atoms with Crippen LogP contribution in [0.4, 0.5) is 4.39 Å². The molecule has 1 aromatic rings. The molecule has 0 bridgehead atoms. The highest BCUT2D eigenvalue weighted by Gasteiger charge is 2.28. The zero-order chi connectivity index (χ0) is 16.1. The molecule has 1 aliphatic heterocycles. The normalized spacial score (nSPS) is 21.5. The Morgan fingerprint density at radius 3 is 2.82 bits per heavy atom. The summed E-state index contributed by atoms with van der Waals surface area (Å²) in [6, 6.07) is 6.92. The maximum absolute atomic E-state index is 13.6. The summed E-state index contributed by atoms with van der Waals surface area (Å²) in [7, 11) is 0. The van der Waals surface area contributed by atoms with Crippen LogP contribution < -0.4 is 5.73 Å². The molecule has 1 fully saturated rings. The predicted molar refractivity (Wildman–Crippen MR) is 86.8 cm³/mol. The Kier molecular flexibility index (Phi) is 5.95. The van der Waals surface area contributed by atoms with Gasteiger partial charge in [-0.2, -0.15) is 0 Å². The van der Waals surface area contributed by atoms with Gasteiger partial charge in [0.25, 0.3) is 0 Å². The molecule has 1 heterocycles.